The molecule has 0 spiro atoms. The molecular formula is C36H46F3N9O4. The average molecular weight is 726 g/mol. The van der Waals surface area contributed by atoms with E-state index in [-0.39, 0.29) is 13.2 Å². The highest BCUT2D eigenvalue weighted by atomic mass is 19.4. The molecule has 0 aliphatic carbocycles. The van der Waals surface area contributed by atoms with Crippen LogP contribution >= 0.6 is 0 Å². The van der Waals surface area contributed by atoms with Crippen molar-refractivity contribution >= 4 is 47.0 Å². The molecule has 52 heavy (non-hydrogen) atoms. The number of para-hydroxylation sites is 1. The molecular weight excluding hydrogens is 679 g/mol. The van der Waals surface area contributed by atoms with Crippen LogP contribution in [0.3, 0.4) is 0 Å². The van der Waals surface area contributed by atoms with Gasteiger partial charge in [0, 0.05) is 71.0 Å². The monoisotopic (exact) mass is 725 g/mol. The summed E-state index contributed by atoms with van der Waals surface area (Å²) in [6.07, 6.45) is 0.812. The number of anilines is 3. The number of aromatic nitrogens is 4. The number of halogens is 3. The number of benzene rings is 1. The summed E-state index contributed by atoms with van der Waals surface area (Å²) in [6.45, 7) is 12.2. The highest BCUT2D eigenvalue weighted by molar-refractivity contribution is 5.95. The number of rotatable bonds is 10. The van der Waals surface area contributed by atoms with Crippen LogP contribution in [0.5, 0.6) is 0 Å². The summed E-state index contributed by atoms with van der Waals surface area (Å²) in [7, 11) is 7.14. The Labute approximate surface area is 301 Å². The number of methoxy groups -OCH3 is 1. The van der Waals surface area contributed by atoms with Crippen LogP contribution in [0.1, 0.15) is 19.4 Å². The number of pyridine rings is 2. The summed E-state index contributed by atoms with van der Waals surface area (Å²) in [5.74, 6) is -0.603. The predicted octanol–water partition coefficient (Wildman–Crippen LogP) is 5.58. The number of carbonyl (C=O) groups is 2. The van der Waals surface area contributed by atoms with Gasteiger partial charge in [0.15, 0.2) is 6.10 Å². The number of carbonyl (C=O) groups excluding carboxylic acids is 2. The average Bonchev–Trinajstić information content (AvgIpc) is 3.53. The molecule has 5 rings (SSSR count). The SMILES string of the molecule is C=NN(C)C(=C)C.CCOC.Cc1cccc(N(C=O)CC(=O)N2CCOC(C(F)(F)F)C2)c1N(C)c1ccc(-c2cncc3c2cnn3C)nc1. The molecule has 1 unspecified atom stereocenters. The van der Waals surface area contributed by atoms with E-state index in [1.807, 2.05) is 58.0 Å². The first kappa shape index (κ1) is 41.1. The zero-order valence-corrected chi connectivity index (χ0v) is 30.6. The molecule has 1 aliphatic rings. The van der Waals surface area contributed by atoms with E-state index in [1.54, 1.807) is 60.8 Å². The normalized spacial score (nSPS) is 14.0. The second-order valence-corrected chi connectivity index (χ2v) is 11.7. The molecule has 1 atom stereocenters. The van der Waals surface area contributed by atoms with Crippen molar-refractivity contribution < 1.29 is 32.2 Å². The maximum absolute atomic E-state index is 13.2. The summed E-state index contributed by atoms with van der Waals surface area (Å²) in [5, 5.41) is 10.4. The quantitative estimate of drug-likeness (QED) is 0.117. The number of nitrogens with zero attached hydrogens (tertiary/aromatic N) is 9. The van der Waals surface area contributed by atoms with Crippen LogP contribution in [-0.2, 0) is 26.1 Å². The van der Waals surface area contributed by atoms with Gasteiger partial charge in [-0.2, -0.15) is 23.4 Å². The first-order valence-electron chi connectivity index (χ1n) is 16.3. The van der Waals surface area contributed by atoms with E-state index in [2.05, 4.69) is 38.2 Å². The van der Waals surface area contributed by atoms with Crippen molar-refractivity contribution in [1.82, 2.24) is 29.7 Å². The minimum absolute atomic E-state index is 0.0129. The Bertz CT molecular complexity index is 1810. The number of ether oxygens (including phenoxy) is 2. The number of allylic oxidation sites excluding steroid dienone is 1. The van der Waals surface area contributed by atoms with Gasteiger partial charge < -0.3 is 24.2 Å². The standard InChI is InChI=1S/C28H28F3N7O3.C5H10N2.C3H8O/c1-18-5-4-6-23(38(17-39)16-26(40)37-9-10-41-25(15-37)28(29,30)31)27(18)35(2)19-7-8-22(33-11-19)20-12-32-14-24-21(20)13-34-36(24)3;1-5(2)7(4)6-3;1-3-4-2/h4-8,11-14,17,25H,9-10,15-16H2,1-3H3;1,3H2,2,4H3;3H2,1-2H3. The molecule has 0 radical (unpaired) electrons. The number of hydrazone groups is 1. The number of morpholine rings is 1. The largest absolute Gasteiger partial charge is 0.416 e. The molecule has 280 valence electrons. The lowest BCUT2D eigenvalue weighted by atomic mass is 10.1. The fraction of sp³-hybridized carbons (Fsp3) is 0.389. The van der Waals surface area contributed by atoms with Gasteiger partial charge >= 0.3 is 6.18 Å². The minimum atomic E-state index is -4.58. The van der Waals surface area contributed by atoms with Gasteiger partial charge in [-0.3, -0.25) is 29.2 Å². The molecule has 0 N–H and O–H groups in total. The lowest BCUT2D eigenvalue weighted by molar-refractivity contribution is -0.236. The molecule has 0 bridgehead atoms. The highest BCUT2D eigenvalue weighted by Crippen LogP contribution is 2.37. The topological polar surface area (TPSA) is 122 Å². The maximum atomic E-state index is 13.2. The van der Waals surface area contributed by atoms with Crippen LogP contribution < -0.4 is 9.80 Å². The molecule has 2 amide bonds. The lowest BCUT2D eigenvalue weighted by Crippen LogP contribution is -2.53. The van der Waals surface area contributed by atoms with Crippen molar-refractivity contribution in [3.8, 4) is 11.3 Å². The summed E-state index contributed by atoms with van der Waals surface area (Å²) in [6, 6.07) is 9.06. The first-order valence-corrected chi connectivity index (χ1v) is 16.3. The molecule has 16 heteroatoms. The van der Waals surface area contributed by atoms with Gasteiger partial charge in [-0.15, -0.1) is 0 Å². The molecule has 1 aliphatic heterocycles. The molecule has 1 saturated heterocycles. The first-order chi connectivity index (χ1) is 24.7. The Balaban J connectivity index is 0.000000579. The van der Waals surface area contributed by atoms with E-state index in [1.165, 1.54) is 4.90 Å². The summed E-state index contributed by atoms with van der Waals surface area (Å²) >= 11 is 0. The third-order valence-corrected chi connectivity index (χ3v) is 8.22. The fourth-order valence-corrected chi connectivity index (χ4v) is 5.07. The van der Waals surface area contributed by atoms with Crippen molar-refractivity contribution in [3.63, 3.8) is 0 Å². The van der Waals surface area contributed by atoms with E-state index < -0.39 is 31.3 Å². The van der Waals surface area contributed by atoms with Crippen LogP contribution in [0.25, 0.3) is 22.2 Å². The van der Waals surface area contributed by atoms with Crippen LogP contribution in [-0.4, -0.2) is 115 Å². The van der Waals surface area contributed by atoms with Gasteiger partial charge in [0.05, 0.1) is 60.0 Å². The molecule has 3 aromatic heterocycles. The van der Waals surface area contributed by atoms with Crippen molar-refractivity contribution in [2.75, 3.05) is 63.9 Å². The summed E-state index contributed by atoms with van der Waals surface area (Å²) in [5.41, 5.74) is 5.94. The summed E-state index contributed by atoms with van der Waals surface area (Å²) in [4.78, 5) is 38.3. The van der Waals surface area contributed by atoms with Gasteiger partial charge in [0.2, 0.25) is 12.3 Å². The minimum Gasteiger partial charge on any atom is -0.385 e. The molecule has 4 heterocycles. The second-order valence-electron chi connectivity index (χ2n) is 11.7. The number of aryl methyl sites for hydroxylation is 2. The van der Waals surface area contributed by atoms with Gasteiger partial charge in [-0.25, -0.2) is 0 Å². The molecule has 4 aromatic rings. The molecule has 13 nitrogen and oxygen atoms in total. The van der Waals surface area contributed by atoms with E-state index >= 15 is 0 Å². The third-order valence-electron chi connectivity index (χ3n) is 8.22. The Morgan fingerprint density at radius 3 is 2.44 bits per heavy atom. The smallest absolute Gasteiger partial charge is 0.385 e. The van der Waals surface area contributed by atoms with E-state index in [0.29, 0.717) is 29.2 Å². The molecule has 0 saturated carbocycles. The molecule has 1 aromatic carbocycles. The number of fused-ring (bicyclic) bond motifs is 1. The third kappa shape index (κ3) is 10.4. The van der Waals surface area contributed by atoms with Gasteiger partial charge in [0.25, 0.3) is 0 Å². The van der Waals surface area contributed by atoms with Crippen LogP contribution in [0.2, 0.25) is 0 Å². The zero-order valence-electron chi connectivity index (χ0n) is 30.6. The van der Waals surface area contributed by atoms with Gasteiger partial charge in [0.1, 0.15) is 6.54 Å². The molecule has 1 fully saturated rings. The Kier molecular flexibility index (Phi) is 14.8. The lowest BCUT2D eigenvalue weighted by Gasteiger charge is -2.35. The Morgan fingerprint density at radius 2 is 1.88 bits per heavy atom. The zero-order chi connectivity index (χ0) is 38.6. The number of amides is 2. The van der Waals surface area contributed by atoms with Gasteiger partial charge in [-0.1, -0.05) is 18.7 Å². The van der Waals surface area contributed by atoms with Crippen molar-refractivity contribution in [3.05, 3.63) is 73.0 Å². The van der Waals surface area contributed by atoms with E-state index in [9.17, 15) is 22.8 Å². The second kappa shape index (κ2) is 18.8. The Hall–Kier alpha value is -5.35. The van der Waals surface area contributed by atoms with Crippen LogP contribution in [0, 0.1) is 6.92 Å². The van der Waals surface area contributed by atoms with Gasteiger partial charge in [-0.05, 0) is 44.5 Å². The Morgan fingerprint density at radius 1 is 1.17 bits per heavy atom. The van der Waals surface area contributed by atoms with Crippen LogP contribution in [0.4, 0.5) is 30.2 Å². The van der Waals surface area contributed by atoms with E-state index in [4.69, 9.17) is 4.74 Å². The van der Waals surface area contributed by atoms with Crippen molar-refractivity contribution in [1.29, 1.82) is 0 Å². The maximum Gasteiger partial charge on any atom is 0.416 e. The predicted molar refractivity (Wildman–Crippen MR) is 196 cm³/mol. The summed E-state index contributed by atoms with van der Waals surface area (Å²) < 4.78 is 50.6. The number of alkyl halides is 3. The van der Waals surface area contributed by atoms with Crippen molar-refractivity contribution in [2.45, 2.75) is 33.1 Å². The number of hydrogen-bond acceptors (Lipinski definition) is 10. The van der Waals surface area contributed by atoms with Crippen LogP contribution in [0.15, 0.2) is 72.5 Å². The fourth-order valence-electron chi connectivity index (χ4n) is 5.07. The van der Waals surface area contributed by atoms with E-state index in [0.717, 1.165) is 39.2 Å². The number of hydrogen-bond donors (Lipinski definition) is 0. The highest BCUT2D eigenvalue weighted by Gasteiger charge is 2.44. The van der Waals surface area contributed by atoms with Crippen molar-refractivity contribution in [2.24, 2.45) is 12.1 Å².